The van der Waals surface area contributed by atoms with Crippen LogP contribution in [0.1, 0.15) is 5.56 Å². The third kappa shape index (κ3) is 3.30. The van der Waals surface area contributed by atoms with Crippen molar-refractivity contribution < 1.29 is 9.13 Å². The molecule has 0 amide bonds. The third-order valence-electron chi connectivity index (χ3n) is 3.87. The number of pyridine rings is 1. The quantitative estimate of drug-likeness (QED) is 0.605. The fraction of sp³-hybridized carbons (Fsp3) is 0.0500. The molecule has 4 rings (SSSR count). The Bertz CT molecular complexity index is 1070. The summed E-state index contributed by atoms with van der Waals surface area (Å²) in [6.45, 7) is 0.332. The Morgan fingerprint density at radius 3 is 2.54 bits per heavy atom. The molecule has 5 nitrogen and oxygen atoms in total. The first-order valence-corrected chi connectivity index (χ1v) is 8.06. The van der Waals surface area contributed by atoms with Crippen molar-refractivity contribution in [3.8, 4) is 17.1 Å². The minimum absolute atomic E-state index is 0.112. The molecule has 0 aliphatic carbocycles. The molecular formula is C20H15FN4O. The van der Waals surface area contributed by atoms with Crippen molar-refractivity contribution in [1.29, 1.82) is 0 Å². The molecule has 0 spiro atoms. The molecule has 128 valence electrons. The van der Waals surface area contributed by atoms with Crippen LogP contribution in [0.5, 0.6) is 5.88 Å². The standard InChI is InChI=1S/C20H15FN4O/c21-15-8-4-7-14(11-15)16-9-10-17-18(23-16)19(25-20(22)24-17)26-12-13-5-2-1-3-6-13/h1-11H,12H2,(H2,22,24,25). The molecule has 2 heterocycles. The molecule has 2 aromatic carbocycles. The summed E-state index contributed by atoms with van der Waals surface area (Å²) in [4.78, 5) is 12.9. The Morgan fingerprint density at radius 2 is 1.73 bits per heavy atom. The van der Waals surface area contributed by atoms with Crippen LogP contribution in [-0.4, -0.2) is 15.0 Å². The minimum Gasteiger partial charge on any atom is -0.471 e. The van der Waals surface area contributed by atoms with Crippen molar-refractivity contribution in [2.45, 2.75) is 6.61 Å². The molecule has 26 heavy (non-hydrogen) atoms. The predicted molar refractivity (Wildman–Crippen MR) is 97.9 cm³/mol. The first kappa shape index (κ1) is 16.0. The second-order valence-corrected chi connectivity index (χ2v) is 5.74. The molecule has 0 saturated carbocycles. The van der Waals surface area contributed by atoms with E-state index in [1.807, 2.05) is 30.3 Å². The molecular weight excluding hydrogens is 331 g/mol. The van der Waals surface area contributed by atoms with Gasteiger partial charge >= 0.3 is 0 Å². The smallest absolute Gasteiger partial charge is 0.245 e. The monoisotopic (exact) mass is 346 g/mol. The number of ether oxygens (including phenoxy) is 1. The Labute approximate surface area is 149 Å². The Kier molecular flexibility index (Phi) is 4.15. The van der Waals surface area contributed by atoms with Gasteiger partial charge in [-0.3, -0.25) is 0 Å². The molecule has 0 unspecified atom stereocenters. The lowest BCUT2D eigenvalue weighted by molar-refractivity contribution is 0.297. The van der Waals surface area contributed by atoms with Gasteiger partial charge in [-0.15, -0.1) is 0 Å². The lowest BCUT2D eigenvalue weighted by atomic mass is 10.1. The van der Waals surface area contributed by atoms with Gasteiger partial charge in [0.25, 0.3) is 0 Å². The molecule has 6 heteroatoms. The number of anilines is 1. The Hall–Kier alpha value is -3.54. The van der Waals surface area contributed by atoms with Crippen LogP contribution in [0.2, 0.25) is 0 Å². The topological polar surface area (TPSA) is 73.9 Å². The molecule has 0 bridgehead atoms. The van der Waals surface area contributed by atoms with Gasteiger partial charge in [-0.2, -0.15) is 4.98 Å². The number of benzene rings is 2. The van der Waals surface area contributed by atoms with Crippen LogP contribution in [0, 0.1) is 5.82 Å². The molecule has 0 fully saturated rings. The number of halogens is 1. The van der Waals surface area contributed by atoms with Crippen LogP contribution in [0.25, 0.3) is 22.3 Å². The maximum Gasteiger partial charge on any atom is 0.245 e. The second-order valence-electron chi connectivity index (χ2n) is 5.74. The van der Waals surface area contributed by atoms with Crippen LogP contribution in [-0.2, 0) is 6.61 Å². The summed E-state index contributed by atoms with van der Waals surface area (Å²) in [5.74, 6) is 0.0916. The van der Waals surface area contributed by atoms with E-state index in [2.05, 4.69) is 15.0 Å². The van der Waals surface area contributed by atoms with Crippen molar-refractivity contribution in [3.63, 3.8) is 0 Å². The van der Waals surface area contributed by atoms with Gasteiger partial charge in [-0.1, -0.05) is 42.5 Å². The Morgan fingerprint density at radius 1 is 0.885 bits per heavy atom. The van der Waals surface area contributed by atoms with Crippen molar-refractivity contribution in [2.75, 3.05) is 5.73 Å². The highest BCUT2D eigenvalue weighted by molar-refractivity contribution is 5.83. The van der Waals surface area contributed by atoms with E-state index in [0.717, 1.165) is 5.56 Å². The second kappa shape index (κ2) is 6.76. The van der Waals surface area contributed by atoms with Crippen LogP contribution in [0.3, 0.4) is 0 Å². The molecule has 0 radical (unpaired) electrons. The van der Waals surface area contributed by atoms with E-state index in [0.29, 0.717) is 34.8 Å². The minimum atomic E-state index is -0.321. The van der Waals surface area contributed by atoms with Gasteiger partial charge in [-0.05, 0) is 29.8 Å². The molecule has 2 N–H and O–H groups in total. The predicted octanol–water partition coefficient (Wildman–Crippen LogP) is 3.99. The van der Waals surface area contributed by atoms with Crippen LogP contribution in [0.15, 0.2) is 66.7 Å². The zero-order valence-electron chi connectivity index (χ0n) is 13.8. The van der Waals surface area contributed by atoms with E-state index in [9.17, 15) is 4.39 Å². The average molecular weight is 346 g/mol. The van der Waals surface area contributed by atoms with E-state index >= 15 is 0 Å². The van der Waals surface area contributed by atoms with Gasteiger partial charge in [0.1, 0.15) is 12.4 Å². The number of hydrogen-bond donors (Lipinski definition) is 1. The van der Waals surface area contributed by atoms with E-state index in [4.69, 9.17) is 10.5 Å². The summed E-state index contributed by atoms with van der Waals surface area (Å²) >= 11 is 0. The van der Waals surface area contributed by atoms with Crippen LogP contribution in [0.4, 0.5) is 10.3 Å². The summed E-state index contributed by atoms with van der Waals surface area (Å²) < 4.78 is 19.3. The highest BCUT2D eigenvalue weighted by Crippen LogP contribution is 2.26. The summed E-state index contributed by atoms with van der Waals surface area (Å²) in [6.07, 6.45) is 0. The summed E-state index contributed by atoms with van der Waals surface area (Å²) in [5, 5.41) is 0. The Balaban J connectivity index is 1.74. The highest BCUT2D eigenvalue weighted by Gasteiger charge is 2.12. The van der Waals surface area contributed by atoms with Gasteiger partial charge in [0.05, 0.1) is 11.2 Å². The maximum absolute atomic E-state index is 13.5. The first-order chi connectivity index (χ1) is 12.7. The van der Waals surface area contributed by atoms with Gasteiger partial charge in [0.2, 0.25) is 11.8 Å². The number of nitrogens with two attached hydrogens (primary N) is 1. The van der Waals surface area contributed by atoms with Crippen molar-refractivity contribution in [1.82, 2.24) is 15.0 Å². The molecule has 0 aliphatic rings. The number of nitrogen functional groups attached to an aromatic ring is 1. The average Bonchev–Trinajstić information content (AvgIpc) is 2.66. The molecule has 4 aromatic rings. The normalized spacial score (nSPS) is 10.8. The SMILES string of the molecule is Nc1nc(OCc2ccccc2)c2nc(-c3cccc(F)c3)ccc2n1. The zero-order valence-corrected chi connectivity index (χ0v) is 13.8. The fourth-order valence-corrected chi connectivity index (χ4v) is 2.64. The number of rotatable bonds is 4. The molecule has 0 aliphatic heterocycles. The van der Waals surface area contributed by atoms with Crippen LogP contribution < -0.4 is 10.5 Å². The lowest BCUT2D eigenvalue weighted by Gasteiger charge is -2.10. The highest BCUT2D eigenvalue weighted by atomic mass is 19.1. The van der Waals surface area contributed by atoms with Gasteiger partial charge in [0.15, 0.2) is 5.52 Å². The van der Waals surface area contributed by atoms with Gasteiger partial charge in [0, 0.05) is 5.56 Å². The maximum atomic E-state index is 13.5. The fourth-order valence-electron chi connectivity index (χ4n) is 2.64. The summed E-state index contributed by atoms with van der Waals surface area (Å²) in [5.41, 5.74) is 9.11. The van der Waals surface area contributed by atoms with E-state index < -0.39 is 0 Å². The van der Waals surface area contributed by atoms with E-state index in [1.165, 1.54) is 12.1 Å². The third-order valence-corrected chi connectivity index (χ3v) is 3.87. The largest absolute Gasteiger partial charge is 0.471 e. The van der Waals surface area contributed by atoms with Crippen molar-refractivity contribution in [2.24, 2.45) is 0 Å². The van der Waals surface area contributed by atoms with Gasteiger partial charge < -0.3 is 10.5 Å². The van der Waals surface area contributed by atoms with Crippen LogP contribution >= 0.6 is 0 Å². The number of fused-ring (bicyclic) bond motifs is 1. The number of aromatic nitrogens is 3. The number of hydrogen-bond acceptors (Lipinski definition) is 5. The number of nitrogens with zero attached hydrogens (tertiary/aromatic N) is 3. The molecule has 2 aromatic heterocycles. The van der Waals surface area contributed by atoms with Crippen molar-refractivity contribution in [3.05, 3.63) is 78.1 Å². The van der Waals surface area contributed by atoms with Crippen molar-refractivity contribution >= 4 is 17.0 Å². The summed E-state index contributed by atoms with van der Waals surface area (Å²) in [6, 6.07) is 19.5. The first-order valence-electron chi connectivity index (χ1n) is 8.06. The lowest BCUT2D eigenvalue weighted by Crippen LogP contribution is -2.03. The van der Waals surface area contributed by atoms with Gasteiger partial charge in [-0.25, -0.2) is 14.4 Å². The van der Waals surface area contributed by atoms with E-state index in [-0.39, 0.29) is 11.8 Å². The zero-order chi connectivity index (χ0) is 17.9. The summed E-state index contributed by atoms with van der Waals surface area (Å²) in [7, 11) is 0. The van der Waals surface area contributed by atoms with E-state index in [1.54, 1.807) is 24.3 Å². The molecule has 0 saturated heterocycles. The molecule has 0 atom stereocenters.